The number of aryl methyl sites for hydroxylation is 1. The molecule has 1 saturated heterocycles. The maximum absolute atomic E-state index is 13.6. The zero-order valence-electron chi connectivity index (χ0n) is 21.9. The number of likely N-dealkylation sites (tertiary alicyclic amines) is 1. The van der Waals surface area contributed by atoms with Crippen LogP contribution in [0.25, 0.3) is 11.1 Å². The molecule has 0 aliphatic carbocycles. The Morgan fingerprint density at radius 2 is 1.78 bits per heavy atom. The third kappa shape index (κ3) is 5.48. The minimum Gasteiger partial charge on any atom is -0.506 e. The zero-order chi connectivity index (χ0) is 26.2. The molecule has 1 aromatic heterocycles. The summed E-state index contributed by atoms with van der Waals surface area (Å²) in [7, 11) is 3.07. The van der Waals surface area contributed by atoms with E-state index in [1.165, 1.54) is 14.2 Å². The van der Waals surface area contributed by atoms with E-state index in [0.29, 0.717) is 47.8 Å². The number of aromatic hydroxyl groups is 2. The molecule has 1 fully saturated rings. The Kier molecular flexibility index (Phi) is 9.33. The molecule has 2 aromatic rings. The number of allylic oxidation sites excluding steroid dienone is 2. The molecule has 8 nitrogen and oxygen atoms in total. The topological polar surface area (TPSA) is 104 Å². The number of methoxy groups -OCH3 is 2. The monoisotopic (exact) mass is 495 g/mol. The molecule has 1 aromatic carbocycles. The van der Waals surface area contributed by atoms with E-state index in [9.17, 15) is 15.0 Å². The maximum atomic E-state index is 13.6. The van der Waals surface area contributed by atoms with Crippen molar-refractivity contribution in [3.8, 4) is 34.3 Å². The lowest BCUT2D eigenvalue weighted by atomic mass is 9.92. The molecule has 1 amide bonds. The molecule has 1 aliphatic heterocycles. The SMILES string of the molecule is C/C=N\C(=C/C)C1CCN(C(=O)c2c(O)nc(CCCC)c(-c3c(OC)cccc3OC)c2O)CC1. The number of carbonyl (C=O) groups is 1. The summed E-state index contributed by atoms with van der Waals surface area (Å²) in [5, 5.41) is 22.3. The summed E-state index contributed by atoms with van der Waals surface area (Å²) in [5.74, 6) is -0.00948. The van der Waals surface area contributed by atoms with Crippen molar-refractivity contribution < 1.29 is 24.5 Å². The van der Waals surface area contributed by atoms with E-state index < -0.39 is 11.8 Å². The summed E-state index contributed by atoms with van der Waals surface area (Å²) in [6, 6.07) is 5.31. The predicted octanol–water partition coefficient (Wildman–Crippen LogP) is 5.37. The van der Waals surface area contributed by atoms with Crippen molar-refractivity contribution in [1.29, 1.82) is 0 Å². The van der Waals surface area contributed by atoms with E-state index in [0.717, 1.165) is 31.4 Å². The number of benzene rings is 1. The van der Waals surface area contributed by atoms with Crippen molar-refractivity contribution in [3.63, 3.8) is 0 Å². The van der Waals surface area contributed by atoms with E-state index in [1.54, 1.807) is 29.3 Å². The normalized spacial score (nSPS) is 14.9. The first-order valence-electron chi connectivity index (χ1n) is 12.5. The molecule has 2 N–H and O–H groups in total. The minimum absolute atomic E-state index is 0.200. The zero-order valence-corrected chi connectivity index (χ0v) is 21.9. The van der Waals surface area contributed by atoms with Gasteiger partial charge in [-0.15, -0.1) is 0 Å². The molecule has 3 rings (SSSR count). The molecule has 0 bridgehead atoms. The van der Waals surface area contributed by atoms with Crippen molar-refractivity contribution in [2.24, 2.45) is 10.9 Å². The number of amides is 1. The standard InChI is InChI=1S/C28H37N3O5/c1-6-9-11-20-23(24-21(35-4)12-10-13-22(24)36-5)26(32)25(27(33)30-20)28(34)31-16-14-18(15-17-31)19(7-2)29-8-3/h7-8,10,12-13,18H,6,9,11,14-17H2,1-5H3,(H2,30,32,33)/b19-7-,29-8-. The minimum atomic E-state index is -0.465. The van der Waals surface area contributed by atoms with Crippen LogP contribution in [0.2, 0.25) is 0 Å². The van der Waals surface area contributed by atoms with E-state index >= 15 is 0 Å². The summed E-state index contributed by atoms with van der Waals surface area (Å²) < 4.78 is 11.1. The Hall–Kier alpha value is -3.55. The van der Waals surface area contributed by atoms with Crippen LogP contribution in [0.3, 0.4) is 0 Å². The number of ether oxygens (including phenoxy) is 2. The van der Waals surface area contributed by atoms with Crippen LogP contribution in [0.5, 0.6) is 23.1 Å². The molecule has 0 saturated carbocycles. The lowest BCUT2D eigenvalue weighted by Gasteiger charge is -2.32. The highest BCUT2D eigenvalue weighted by Crippen LogP contribution is 2.47. The van der Waals surface area contributed by atoms with E-state index in [2.05, 4.69) is 16.9 Å². The highest BCUT2D eigenvalue weighted by Gasteiger charge is 2.33. The maximum Gasteiger partial charge on any atom is 0.263 e. The van der Waals surface area contributed by atoms with Crippen LogP contribution >= 0.6 is 0 Å². The Balaban J connectivity index is 2.06. The van der Waals surface area contributed by atoms with Crippen LogP contribution in [0, 0.1) is 5.92 Å². The highest BCUT2D eigenvalue weighted by molar-refractivity contribution is 6.02. The van der Waals surface area contributed by atoms with Gasteiger partial charge in [0.25, 0.3) is 5.91 Å². The second-order valence-corrected chi connectivity index (χ2v) is 8.79. The van der Waals surface area contributed by atoms with Crippen molar-refractivity contribution in [2.75, 3.05) is 27.3 Å². The summed E-state index contributed by atoms with van der Waals surface area (Å²) in [5.41, 5.74) is 2.15. The van der Waals surface area contributed by atoms with E-state index in [4.69, 9.17) is 9.47 Å². The molecule has 0 spiro atoms. The lowest BCUT2D eigenvalue weighted by molar-refractivity contribution is 0.0694. The van der Waals surface area contributed by atoms with Crippen LogP contribution in [-0.4, -0.2) is 59.5 Å². The van der Waals surface area contributed by atoms with Crippen LogP contribution in [0.1, 0.15) is 62.5 Å². The molecular formula is C28H37N3O5. The molecule has 2 heterocycles. The molecule has 0 radical (unpaired) electrons. The summed E-state index contributed by atoms with van der Waals surface area (Å²) >= 11 is 0. The predicted molar refractivity (Wildman–Crippen MR) is 141 cm³/mol. The second-order valence-electron chi connectivity index (χ2n) is 8.79. The number of piperidine rings is 1. The second kappa shape index (κ2) is 12.4. The van der Waals surface area contributed by atoms with E-state index in [-0.39, 0.29) is 17.2 Å². The number of nitrogens with zero attached hydrogens (tertiary/aromatic N) is 3. The fourth-order valence-electron chi connectivity index (χ4n) is 4.79. The summed E-state index contributed by atoms with van der Waals surface area (Å²) in [4.78, 5) is 24.1. The lowest BCUT2D eigenvalue weighted by Crippen LogP contribution is -2.39. The number of aromatic nitrogens is 1. The fraction of sp³-hybridized carbons (Fsp3) is 0.464. The van der Waals surface area contributed by atoms with Crippen LogP contribution in [0.4, 0.5) is 0 Å². The van der Waals surface area contributed by atoms with Gasteiger partial charge in [0.2, 0.25) is 5.88 Å². The van der Waals surface area contributed by atoms with Gasteiger partial charge in [-0.1, -0.05) is 25.5 Å². The van der Waals surface area contributed by atoms with Crippen molar-refractivity contribution in [2.45, 2.75) is 52.9 Å². The van der Waals surface area contributed by atoms with Gasteiger partial charge in [0.05, 0.1) is 31.0 Å². The van der Waals surface area contributed by atoms with Crippen LogP contribution in [0.15, 0.2) is 35.0 Å². The molecule has 194 valence electrons. The molecule has 36 heavy (non-hydrogen) atoms. The van der Waals surface area contributed by atoms with Crippen LogP contribution in [-0.2, 0) is 6.42 Å². The first kappa shape index (κ1) is 27.0. The summed E-state index contributed by atoms with van der Waals surface area (Å²) in [6.07, 6.45) is 7.49. The average Bonchev–Trinajstić information content (AvgIpc) is 2.90. The number of pyridine rings is 1. The van der Waals surface area contributed by atoms with Crippen molar-refractivity contribution in [3.05, 3.63) is 41.2 Å². The van der Waals surface area contributed by atoms with Gasteiger partial charge < -0.3 is 24.6 Å². The fourth-order valence-corrected chi connectivity index (χ4v) is 4.79. The molecule has 0 unspecified atom stereocenters. The number of hydrogen-bond acceptors (Lipinski definition) is 7. The summed E-state index contributed by atoms with van der Waals surface area (Å²) in [6.45, 7) is 6.89. The van der Waals surface area contributed by atoms with Gasteiger partial charge in [0.15, 0.2) is 0 Å². The third-order valence-corrected chi connectivity index (χ3v) is 6.66. The van der Waals surface area contributed by atoms with Crippen molar-refractivity contribution in [1.82, 2.24) is 9.88 Å². The Morgan fingerprint density at radius 3 is 2.31 bits per heavy atom. The highest BCUT2D eigenvalue weighted by atomic mass is 16.5. The quantitative estimate of drug-likeness (QED) is 0.454. The van der Waals surface area contributed by atoms with Crippen LogP contribution < -0.4 is 9.47 Å². The Morgan fingerprint density at radius 1 is 1.14 bits per heavy atom. The van der Waals surface area contributed by atoms with Crippen molar-refractivity contribution >= 4 is 12.1 Å². The molecule has 1 aliphatic rings. The number of hydrogen-bond donors (Lipinski definition) is 2. The average molecular weight is 496 g/mol. The van der Waals surface area contributed by atoms with E-state index in [1.807, 2.05) is 19.9 Å². The third-order valence-electron chi connectivity index (χ3n) is 6.66. The van der Waals surface area contributed by atoms with Gasteiger partial charge >= 0.3 is 0 Å². The van der Waals surface area contributed by atoms with Gasteiger partial charge in [0.1, 0.15) is 22.8 Å². The first-order valence-corrected chi connectivity index (χ1v) is 12.5. The first-order chi connectivity index (χ1) is 17.4. The molecule has 8 heteroatoms. The Labute approximate surface area is 213 Å². The number of carbonyl (C=O) groups excluding carboxylic acids is 1. The van der Waals surface area contributed by atoms with Gasteiger partial charge in [0, 0.05) is 30.9 Å². The number of rotatable bonds is 9. The Bertz CT molecular complexity index is 1110. The molecular weight excluding hydrogens is 458 g/mol. The number of aliphatic imine (C=N–C) groups is 1. The van der Waals surface area contributed by atoms with Gasteiger partial charge in [-0.05, 0) is 51.7 Å². The number of unbranched alkanes of at least 4 members (excludes halogenated alkanes) is 1. The van der Waals surface area contributed by atoms with Gasteiger partial charge in [-0.3, -0.25) is 9.79 Å². The molecule has 0 atom stereocenters. The largest absolute Gasteiger partial charge is 0.506 e. The van der Waals surface area contributed by atoms with Gasteiger partial charge in [-0.25, -0.2) is 4.98 Å². The van der Waals surface area contributed by atoms with Gasteiger partial charge in [-0.2, -0.15) is 0 Å². The smallest absolute Gasteiger partial charge is 0.263 e.